The Morgan fingerprint density at radius 1 is 1.00 bits per heavy atom. The van der Waals surface area contributed by atoms with Crippen molar-refractivity contribution in [3.63, 3.8) is 0 Å². The second-order valence-electron chi connectivity index (χ2n) is 7.82. The van der Waals surface area contributed by atoms with Gasteiger partial charge in [-0.05, 0) is 61.4 Å². The molecule has 0 aromatic heterocycles. The molecular weight excluding hydrogens is 437 g/mol. The highest BCUT2D eigenvalue weighted by Crippen LogP contribution is 2.26. The smallest absolute Gasteiger partial charge is 0.251 e. The van der Waals surface area contributed by atoms with Gasteiger partial charge in [0.1, 0.15) is 11.6 Å². The SMILES string of the molecule is COc1ccc(S(=O)(=O)N2CCC(N[C@@H]3CC(=O)N(c4ccc(F)cc4)C3=O)CC2)cc1. The third kappa shape index (κ3) is 4.38. The molecule has 1 N–H and O–H groups in total. The van der Waals surface area contributed by atoms with Gasteiger partial charge in [0.25, 0.3) is 5.91 Å². The van der Waals surface area contributed by atoms with Gasteiger partial charge in [0.15, 0.2) is 0 Å². The van der Waals surface area contributed by atoms with E-state index in [9.17, 15) is 22.4 Å². The summed E-state index contributed by atoms with van der Waals surface area (Å²) < 4.78 is 45.4. The van der Waals surface area contributed by atoms with E-state index in [1.807, 2.05) is 0 Å². The number of sulfonamides is 1. The van der Waals surface area contributed by atoms with Crippen LogP contribution in [0.5, 0.6) is 5.75 Å². The van der Waals surface area contributed by atoms with Gasteiger partial charge in [-0.3, -0.25) is 9.59 Å². The quantitative estimate of drug-likeness (QED) is 0.661. The molecule has 4 rings (SSSR count). The van der Waals surface area contributed by atoms with E-state index >= 15 is 0 Å². The summed E-state index contributed by atoms with van der Waals surface area (Å²) >= 11 is 0. The monoisotopic (exact) mass is 461 g/mol. The molecule has 2 amide bonds. The van der Waals surface area contributed by atoms with Crippen LogP contribution in [0.15, 0.2) is 53.4 Å². The number of ether oxygens (including phenoxy) is 1. The van der Waals surface area contributed by atoms with Crippen LogP contribution in [0.25, 0.3) is 0 Å². The van der Waals surface area contributed by atoms with Gasteiger partial charge < -0.3 is 10.1 Å². The first-order valence-corrected chi connectivity index (χ1v) is 11.8. The number of amides is 2. The number of carbonyl (C=O) groups excluding carboxylic acids is 2. The Morgan fingerprint density at radius 3 is 2.22 bits per heavy atom. The first-order valence-electron chi connectivity index (χ1n) is 10.3. The molecule has 2 aliphatic heterocycles. The molecule has 2 saturated heterocycles. The van der Waals surface area contributed by atoms with Crippen molar-refractivity contribution < 1.29 is 27.1 Å². The van der Waals surface area contributed by atoms with Crippen molar-refractivity contribution in [1.82, 2.24) is 9.62 Å². The molecule has 1 atom stereocenters. The molecule has 0 radical (unpaired) electrons. The van der Waals surface area contributed by atoms with Gasteiger partial charge in [0.2, 0.25) is 15.9 Å². The summed E-state index contributed by atoms with van der Waals surface area (Å²) in [6.07, 6.45) is 1.05. The van der Waals surface area contributed by atoms with E-state index in [0.29, 0.717) is 37.4 Å². The zero-order valence-electron chi connectivity index (χ0n) is 17.5. The molecule has 170 valence electrons. The first kappa shape index (κ1) is 22.4. The van der Waals surface area contributed by atoms with Crippen molar-refractivity contribution >= 4 is 27.5 Å². The third-order valence-corrected chi connectivity index (χ3v) is 7.73. The van der Waals surface area contributed by atoms with Gasteiger partial charge in [-0.2, -0.15) is 4.31 Å². The Hall–Kier alpha value is -2.82. The van der Waals surface area contributed by atoms with E-state index in [1.165, 1.54) is 47.8 Å². The van der Waals surface area contributed by atoms with Crippen molar-refractivity contribution in [1.29, 1.82) is 0 Å². The number of carbonyl (C=O) groups is 2. The van der Waals surface area contributed by atoms with Crippen LogP contribution in [0.4, 0.5) is 10.1 Å². The minimum absolute atomic E-state index is 0.0145. The number of hydrogen-bond donors (Lipinski definition) is 1. The molecule has 0 unspecified atom stereocenters. The molecule has 0 spiro atoms. The fraction of sp³-hybridized carbons (Fsp3) is 0.364. The summed E-state index contributed by atoms with van der Waals surface area (Å²) in [4.78, 5) is 26.4. The Bertz CT molecular complexity index is 1100. The topological polar surface area (TPSA) is 96.0 Å². The summed E-state index contributed by atoms with van der Waals surface area (Å²) in [7, 11) is -2.10. The minimum Gasteiger partial charge on any atom is -0.497 e. The van der Waals surface area contributed by atoms with E-state index in [2.05, 4.69) is 5.32 Å². The van der Waals surface area contributed by atoms with Crippen LogP contribution in [-0.2, 0) is 19.6 Å². The molecule has 10 heteroatoms. The maximum Gasteiger partial charge on any atom is 0.251 e. The van der Waals surface area contributed by atoms with E-state index < -0.39 is 21.9 Å². The molecule has 2 fully saturated rings. The minimum atomic E-state index is -3.62. The lowest BCUT2D eigenvalue weighted by Crippen LogP contribution is -2.49. The van der Waals surface area contributed by atoms with Crippen LogP contribution in [0.3, 0.4) is 0 Å². The predicted molar refractivity (Wildman–Crippen MR) is 115 cm³/mol. The van der Waals surface area contributed by atoms with Crippen LogP contribution in [0, 0.1) is 5.82 Å². The molecule has 2 heterocycles. The molecule has 32 heavy (non-hydrogen) atoms. The maximum absolute atomic E-state index is 13.2. The van der Waals surface area contributed by atoms with Gasteiger partial charge in [-0.25, -0.2) is 17.7 Å². The van der Waals surface area contributed by atoms with Gasteiger partial charge in [0, 0.05) is 19.1 Å². The highest BCUT2D eigenvalue weighted by molar-refractivity contribution is 7.89. The van der Waals surface area contributed by atoms with Gasteiger partial charge in [0.05, 0.1) is 30.2 Å². The predicted octanol–water partition coefficient (Wildman–Crippen LogP) is 1.91. The lowest BCUT2D eigenvalue weighted by Gasteiger charge is -2.32. The second kappa shape index (κ2) is 8.97. The van der Waals surface area contributed by atoms with E-state index in [0.717, 1.165) is 4.90 Å². The van der Waals surface area contributed by atoms with Gasteiger partial charge in [-0.1, -0.05) is 0 Å². The molecule has 8 nitrogen and oxygen atoms in total. The summed E-state index contributed by atoms with van der Waals surface area (Å²) in [5.74, 6) is -0.593. The zero-order chi connectivity index (χ0) is 22.9. The molecule has 2 aliphatic rings. The van der Waals surface area contributed by atoms with Crippen LogP contribution in [0.2, 0.25) is 0 Å². The summed E-state index contributed by atoms with van der Waals surface area (Å²) in [6, 6.07) is 10.7. The highest BCUT2D eigenvalue weighted by atomic mass is 32.2. The Morgan fingerprint density at radius 2 is 1.62 bits per heavy atom. The van der Waals surface area contributed by atoms with Crippen LogP contribution in [-0.4, -0.2) is 56.8 Å². The average Bonchev–Trinajstić information content (AvgIpc) is 3.07. The third-order valence-electron chi connectivity index (χ3n) is 5.82. The molecule has 2 aromatic rings. The van der Waals surface area contributed by atoms with Crippen LogP contribution in [0.1, 0.15) is 19.3 Å². The molecule has 0 aliphatic carbocycles. The van der Waals surface area contributed by atoms with Crippen LogP contribution >= 0.6 is 0 Å². The summed E-state index contributed by atoms with van der Waals surface area (Å²) in [5.41, 5.74) is 0.339. The average molecular weight is 462 g/mol. The number of nitrogens with one attached hydrogen (secondary N) is 1. The van der Waals surface area contributed by atoms with Crippen molar-refractivity contribution in [2.45, 2.75) is 36.2 Å². The van der Waals surface area contributed by atoms with Crippen molar-refractivity contribution in [3.05, 3.63) is 54.3 Å². The summed E-state index contributed by atoms with van der Waals surface area (Å²) in [6.45, 7) is 0.616. The number of benzene rings is 2. The lowest BCUT2D eigenvalue weighted by molar-refractivity contribution is -0.121. The lowest BCUT2D eigenvalue weighted by atomic mass is 10.1. The normalized spacial score (nSPS) is 20.7. The number of methoxy groups -OCH3 is 1. The Kier molecular flexibility index (Phi) is 6.27. The van der Waals surface area contributed by atoms with E-state index in [-0.39, 0.29) is 29.2 Å². The maximum atomic E-state index is 13.2. The molecule has 2 aromatic carbocycles. The van der Waals surface area contributed by atoms with Crippen molar-refractivity contribution in [2.24, 2.45) is 0 Å². The number of halogens is 1. The number of imide groups is 1. The van der Waals surface area contributed by atoms with Crippen molar-refractivity contribution in [3.8, 4) is 5.75 Å². The van der Waals surface area contributed by atoms with Crippen LogP contribution < -0.4 is 15.0 Å². The molecule has 0 bridgehead atoms. The number of rotatable bonds is 6. The molecule has 0 saturated carbocycles. The highest BCUT2D eigenvalue weighted by Gasteiger charge is 2.41. The number of anilines is 1. The van der Waals surface area contributed by atoms with E-state index in [1.54, 1.807) is 12.1 Å². The van der Waals surface area contributed by atoms with Gasteiger partial charge >= 0.3 is 0 Å². The Labute approximate surface area is 186 Å². The van der Waals surface area contributed by atoms with Gasteiger partial charge in [-0.15, -0.1) is 0 Å². The number of piperidine rings is 1. The fourth-order valence-electron chi connectivity index (χ4n) is 4.07. The van der Waals surface area contributed by atoms with Crippen molar-refractivity contribution in [2.75, 3.05) is 25.1 Å². The first-order chi connectivity index (χ1) is 15.3. The zero-order valence-corrected chi connectivity index (χ0v) is 18.3. The largest absolute Gasteiger partial charge is 0.497 e. The Balaban J connectivity index is 1.36. The standard InChI is InChI=1S/C22H24FN3O5S/c1-31-18-6-8-19(9-7-18)32(29,30)25-12-10-16(11-13-25)24-20-14-21(27)26(22(20)28)17-4-2-15(23)3-5-17/h2-9,16,20,24H,10-14H2,1H3/t20-/m1/s1. The second-order valence-corrected chi connectivity index (χ2v) is 9.76. The van der Waals surface area contributed by atoms with E-state index in [4.69, 9.17) is 4.74 Å². The fourth-order valence-corrected chi connectivity index (χ4v) is 5.54. The number of nitrogens with zero attached hydrogens (tertiary/aromatic N) is 2. The molecular formula is C22H24FN3O5S. The summed E-state index contributed by atoms with van der Waals surface area (Å²) in [5, 5.41) is 3.21. The number of hydrogen-bond acceptors (Lipinski definition) is 6.